The van der Waals surface area contributed by atoms with Crippen molar-refractivity contribution in [3.05, 3.63) is 10.6 Å². The first-order chi connectivity index (χ1) is 8.74. The molecule has 1 aromatic heterocycles. The number of amides is 1. The number of carbonyl (C=O) groups is 1. The standard InChI is InChI=1S/C13H18N2OS2/c16-12-7-9(17)8-15(12)13-14-10-5-3-1-2-4-6-11(10)18-13/h9,17H,1-8H2. The summed E-state index contributed by atoms with van der Waals surface area (Å²) in [5.41, 5.74) is 1.24. The summed E-state index contributed by atoms with van der Waals surface area (Å²) in [5, 5.41) is 1.08. The molecule has 2 aliphatic rings. The van der Waals surface area contributed by atoms with Crippen molar-refractivity contribution in [3.63, 3.8) is 0 Å². The summed E-state index contributed by atoms with van der Waals surface area (Å²) in [6.45, 7) is 0.717. The largest absolute Gasteiger partial charge is 0.287 e. The average molecular weight is 282 g/mol. The lowest BCUT2D eigenvalue weighted by atomic mass is 10.0. The number of carbonyl (C=O) groups excluding carboxylic acids is 1. The Bertz CT molecular complexity index is 432. The summed E-state index contributed by atoms with van der Waals surface area (Å²) < 4.78 is 0. The Kier molecular flexibility index (Phi) is 3.61. The SMILES string of the molecule is O=C1CC(S)CN1c1nc2c(s1)CCCCCC2. The second-order valence-corrected chi connectivity index (χ2v) is 6.94. The molecule has 0 radical (unpaired) electrons. The van der Waals surface area contributed by atoms with E-state index in [1.807, 2.05) is 4.90 Å². The molecule has 1 unspecified atom stereocenters. The maximum absolute atomic E-state index is 11.9. The summed E-state index contributed by atoms with van der Waals surface area (Å²) in [6, 6.07) is 0. The zero-order chi connectivity index (χ0) is 12.5. The molecule has 3 nitrogen and oxygen atoms in total. The van der Waals surface area contributed by atoms with Gasteiger partial charge in [-0.1, -0.05) is 12.8 Å². The van der Waals surface area contributed by atoms with Crippen LogP contribution in [0.3, 0.4) is 0 Å². The summed E-state index contributed by atoms with van der Waals surface area (Å²) in [6.07, 6.45) is 7.91. The van der Waals surface area contributed by atoms with E-state index in [2.05, 4.69) is 12.6 Å². The fourth-order valence-electron chi connectivity index (χ4n) is 2.68. The molecular formula is C13H18N2OS2. The van der Waals surface area contributed by atoms with E-state index in [0.29, 0.717) is 13.0 Å². The monoisotopic (exact) mass is 282 g/mol. The molecule has 1 aliphatic carbocycles. The van der Waals surface area contributed by atoms with Gasteiger partial charge in [0.25, 0.3) is 0 Å². The van der Waals surface area contributed by atoms with Gasteiger partial charge >= 0.3 is 0 Å². The van der Waals surface area contributed by atoms with Crippen molar-refractivity contribution in [2.45, 2.75) is 50.2 Å². The number of anilines is 1. The Labute approximate surface area is 117 Å². The molecule has 5 heteroatoms. The van der Waals surface area contributed by atoms with Crippen molar-refractivity contribution in [3.8, 4) is 0 Å². The minimum atomic E-state index is 0.170. The van der Waals surface area contributed by atoms with E-state index in [9.17, 15) is 4.79 Å². The molecule has 1 aliphatic heterocycles. The molecule has 0 saturated carbocycles. The Balaban J connectivity index is 1.85. The van der Waals surface area contributed by atoms with Gasteiger partial charge in [-0.25, -0.2) is 4.98 Å². The van der Waals surface area contributed by atoms with Gasteiger partial charge in [-0.05, 0) is 25.7 Å². The molecule has 1 saturated heterocycles. The van der Waals surface area contributed by atoms with Gasteiger partial charge < -0.3 is 0 Å². The van der Waals surface area contributed by atoms with E-state index in [4.69, 9.17) is 4.98 Å². The third-order valence-electron chi connectivity index (χ3n) is 3.67. The minimum absolute atomic E-state index is 0.170. The highest BCUT2D eigenvalue weighted by Crippen LogP contribution is 2.33. The summed E-state index contributed by atoms with van der Waals surface area (Å²) in [7, 11) is 0. The van der Waals surface area contributed by atoms with Crippen molar-refractivity contribution in [2.24, 2.45) is 0 Å². The van der Waals surface area contributed by atoms with E-state index in [1.54, 1.807) is 11.3 Å². The van der Waals surface area contributed by atoms with E-state index >= 15 is 0 Å². The molecule has 1 atom stereocenters. The maximum atomic E-state index is 11.9. The van der Waals surface area contributed by atoms with Gasteiger partial charge in [0.15, 0.2) is 5.13 Å². The molecule has 3 rings (SSSR count). The first-order valence-electron chi connectivity index (χ1n) is 6.71. The van der Waals surface area contributed by atoms with Crippen molar-refractivity contribution < 1.29 is 4.79 Å². The number of nitrogens with zero attached hydrogens (tertiary/aromatic N) is 2. The first kappa shape index (κ1) is 12.5. The van der Waals surface area contributed by atoms with Crippen LogP contribution in [0.25, 0.3) is 0 Å². The second kappa shape index (κ2) is 5.21. The number of aromatic nitrogens is 1. The highest BCUT2D eigenvalue weighted by molar-refractivity contribution is 7.81. The quantitative estimate of drug-likeness (QED) is 0.804. The van der Waals surface area contributed by atoms with Gasteiger partial charge in [0, 0.05) is 23.1 Å². The number of hydrogen-bond acceptors (Lipinski definition) is 4. The normalized spacial score (nSPS) is 24.8. The topological polar surface area (TPSA) is 33.2 Å². The van der Waals surface area contributed by atoms with Gasteiger partial charge in [-0.15, -0.1) is 11.3 Å². The van der Waals surface area contributed by atoms with E-state index in [-0.39, 0.29) is 11.2 Å². The number of fused-ring (bicyclic) bond motifs is 1. The number of thiazole rings is 1. The van der Waals surface area contributed by atoms with Crippen LogP contribution in [-0.4, -0.2) is 22.7 Å². The Hall–Kier alpha value is -0.550. The van der Waals surface area contributed by atoms with Crippen LogP contribution in [0, 0.1) is 0 Å². The smallest absolute Gasteiger partial charge is 0.229 e. The predicted molar refractivity (Wildman–Crippen MR) is 77.7 cm³/mol. The summed E-state index contributed by atoms with van der Waals surface area (Å²) in [5.74, 6) is 0.178. The molecule has 0 aromatic carbocycles. The van der Waals surface area contributed by atoms with Gasteiger partial charge in [0.05, 0.1) is 5.69 Å². The van der Waals surface area contributed by atoms with Crippen LogP contribution < -0.4 is 4.90 Å². The molecule has 1 amide bonds. The molecule has 1 fully saturated rings. The van der Waals surface area contributed by atoms with Gasteiger partial charge in [-0.3, -0.25) is 9.69 Å². The van der Waals surface area contributed by atoms with Crippen LogP contribution in [-0.2, 0) is 17.6 Å². The highest BCUT2D eigenvalue weighted by Gasteiger charge is 2.31. The van der Waals surface area contributed by atoms with Crippen LogP contribution in [0.4, 0.5) is 5.13 Å². The van der Waals surface area contributed by atoms with Gasteiger partial charge in [0.2, 0.25) is 5.91 Å². The molecular weight excluding hydrogens is 264 g/mol. The Morgan fingerprint density at radius 2 is 2.00 bits per heavy atom. The lowest BCUT2D eigenvalue weighted by molar-refractivity contribution is -0.117. The van der Waals surface area contributed by atoms with Crippen LogP contribution in [0.5, 0.6) is 0 Å². The highest BCUT2D eigenvalue weighted by atomic mass is 32.1. The van der Waals surface area contributed by atoms with Crippen molar-refractivity contribution in [1.82, 2.24) is 4.98 Å². The fourth-order valence-corrected chi connectivity index (χ4v) is 4.18. The molecule has 98 valence electrons. The van der Waals surface area contributed by atoms with Crippen LogP contribution in [0.1, 0.15) is 42.7 Å². The van der Waals surface area contributed by atoms with Crippen LogP contribution in [0.15, 0.2) is 0 Å². The number of rotatable bonds is 1. The van der Waals surface area contributed by atoms with Crippen LogP contribution in [0.2, 0.25) is 0 Å². The third-order valence-corrected chi connectivity index (χ3v) is 5.20. The van der Waals surface area contributed by atoms with Gasteiger partial charge in [-0.2, -0.15) is 12.6 Å². The second-order valence-electron chi connectivity index (χ2n) is 5.14. The van der Waals surface area contributed by atoms with E-state index in [0.717, 1.165) is 18.0 Å². The van der Waals surface area contributed by atoms with E-state index in [1.165, 1.54) is 36.3 Å². The molecule has 1 aromatic rings. The molecule has 0 N–H and O–H groups in total. The fraction of sp³-hybridized carbons (Fsp3) is 0.692. The van der Waals surface area contributed by atoms with Crippen LogP contribution >= 0.6 is 24.0 Å². The lowest BCUT2D eigenvalue weighted by Gasteiger charge is -2.10. The van der Waals surface area contributed by atoms with Crippen molar-refractivity contribution >= 4 is 35.0 Å². The molecule has 2 heterocycles. The average Bonchev–Trinajstić information content (AvgIpc) is 2.82. The van der Waals surface area contributed by atoms with E-state index < -0.39 is 0 Å². The van der Waals surface area contributed by atoms with Gasteiger partial charge in [0.1, 0.15) is 0 Å². The zero-order valence-electron chi connectivity index (χ0n) is 10.4. The maximum Gasteiger partial charge on any atom is 0.229 e. The lowest BCUT2D eigenvalue weighted by Crippen LogP contribution is -2.24. The first-order valence-corrected chi connectivity index (χ1v) is 8.04. The Morgan fingerprint density at radius 1 is 1.22 bits per heavy atom. The van der Waals surface area contributed by atoms with Crippen molar-refractivity contribution in [2.75, 3.05) is 11.4 Å². The molecule has 0 bridgehead atoms. The number of thiol groups is 1. The number of aryl methyl sites for hydroxylation is 2. The summed E-state index contributed by atoms with van der Waals surface area (Å²) in [4.78, 5) is 19.8. The predicted octanol–water partition coefficient (Wildman–Crippen LogP) is 2.84. The third kappa shape index (κ3) is 2.43. The molecule has 0 spiro atoms. The minimum Gasteiger partial charge on any atom is -0.287 e. The summed E-state index contributed by atoms with van der Waals surface area (Å²) >= 11 is 6.12. The number of hydrogen-bond donors (Lipinski definition) is 1. The Morgan fingerprint density at radius 3 is 2.72 bits per heavy atom. The molecule has 18 heavy (non-hydrogen) atoms. The zero-order valence-corrected chi connectivity index (χ0v) is 12.1. The van der Waals surface area contributed by atoms with Crippen molar-refractivity contribution in [1.29, 1.82) is 0 Å².